The molecule has 3 rings (SSSR count). The molecule has 0 atom stereocenters. The molecule has 1 saturated heterocycles. The largest absolute Gasteiger partial charge is 0.478 e. The molecule has 2 aromatic carbocycles. The molecule has 1 aliphatic rings. The lowest BCUT2D eigenvalue weighted by Crippen LogP contribution is -2.49. The Bertz CT molecular complexity index is 935. The number of carbonyl (C=O) groups is 3. The van der Waals surface area contributed by atoms with Crippen molar-refractivity contribution in [2.45, 2.75) is 13.8 Å². The summed E-state index contributed by atoms with van der Waals surface area (Å²) in [6.45, 7) is 6.17. The Morgan fingerprint density at radius 2 is 1.57 bits per heavy atom. The fraction of sp³-hybridized carbons (Fsp3) is 0.318. The molecule has 0 bridgehead atoms. The number of aryl methyl sites for hydroxylation is 1. The third-order valence-corrected chi connectivity index (χ3v) is 4.96. The van der Waals surface area contributed by atoms with Gasteiger partial charge in [-0.25, -0.2) is 4.79 Å². The number of carboxylic acids is 1. The minimum atomic E-state index is -1.04. The van der Waals surface area contributed by atoms with Crippen LogP contribution in [0, 0.1) is 6.92 Å². The fourth-order valence-electron chi connectivity index (χ4n) is 3.45. The molecule has 0 unspecified atom stereocenters. The molecular weight excluding hydrogens is 384 g/mol. The highest BCUT2D eigenvalue weighted by Crippen LogP contribution is 2.26. The van der Waals surface area contributed by atoms with Crippen LogP contribution in [-0.2, 0) is 9.59 Å². The molecule has 158 valence electrons. The summed E-state index contributed by atoms with van der Waals surface area (Å²) >= 11 is 0. The van der Waals surface area contributed by atoms with Crippen LogP contribution in [-0.4, -0.2) is 60.5 Å². The maximum Gasteiger partial charge on any atom is 0.337 e. The Hall–Kier alpha value is -3.39. The van der Waals surface area contributed by atoms with Crippen LogP contribution in [0.5, 0.6) is 0 Å². The molecule has 0 radical (unpaired) electrons. The van der Waals surface area contributed by atoms with E-state index in [0.717, 1.165) is 11.3 Å². The summed E-state index contributed by atoms with van der Waals surface area (Å²) in [7, 11) is 0. The van der Waals surface area contributed by atoms with Crippen molar-refractivity contribution in [3.8, 4) is 0 Å². The van der Waals surface area contributed by atoms with Gasteiger partial charge in [-0.1, -0.05) is 17.7 Å². The lowest BCUT2D eigenvalue weighted by molar-refractivity contribution is -0.117. The van der Waals surface area contributed by atoms with Gasteiger partial charge < -0.3 is 20.6 Å². The van der Waals surface area contributed by atoms with Gasteiger partial charge in [0.2, 0.25) is 11.8 Å². The Morgan fingerprint density at radius 1 is 0.933 bits per heavy atom. The van der Waals surface area contributed by atoms with Gasteiger partial charge in [-0.3, -0.25) is 14.5 Å². The van der Waals surface area contributed by atoms with Gasteiger partial charge in [0.05, 0.1) is 17.8 Å². The Labute approximate surface area is 175 Å². The smallest absolute Gasteiger partial charge is 0.337 e. The number of hydrogen-bond acceptors (Lipinski definition) is 5. The zero-order chi connectivity index (χ0) is 21.7. The van der Waals surface area contributed by atoms with E-state index in [2.05, 4.69) is 10.6 Å². The second-order valence-corrected chi connectivity index (χ2v) is 7.40. The molecule has 8 nitrogen and oxygen atoms in total. The van der Waals surface area contributed by atoms with E-state index in [1.165, 1.54) is 13.0 Å². The minimum absolute atomic E-state index is 0.0711. The number of rotatable bonds is 6. The standard InChI is InChI=1S/C22H26N4O4/c1-15-3-5-17(6-4-15)24-21(28)14-25-9-11-26(12-10-25)20-8-7-18(23-16(2)27)13-19(20)22(29)30/h3-8,13H,9-12,14H2,1-2H3,(H,23,27)(H,24,28)(H,29,30). The number of nitrogens with one attached hydrogen (secondary N) is 2. The number of anilines is 3. The summed E-state index contributed by atoms with van der Waals surface area (Å²) in [6, 6.07) is 12.5. The molecule has 2 amide bonds. The maximum absolute atomic E-state index is 12.3. The Morgan fingerprint density at radius 3 is 2.17 bits per heavy atom. The first-order valence-corrected chi connectivity index (χ1v) is 9.80. The molecule has 0 spiro atoms. The molecule has 30 heavy (non-hydrogen) atoms. The first kappa shape index (κ1) is 21.3. The van der Waals surface area contributed by atoms with Crippen molar-refractivity contribution in [3.63, 3.8) is 0 Å². The number of carbonyl (C=O) groups excluding carboxylic acids is 2. The number of piperazine rings is 1. The third-order valence-electron chi connectivity index (χ3n) is 4.96. The van der Waals surface area contributed by atoms with Crippen LogP contribution >= 0.6 is 0 Å². The number of aromatic carboxylic acids is 1. The summed E-state index contributed by atoms with van der Waals surface area (Å²) in [4.78, 5) is 39.3. The molecule has 1 fully saturated rings. The van der Waals surface area contributed by atoms with Crippen molar-refractivity contribution in [3.05, 3.63) is 53.6 Å². The van der Waals surface area contributed by atoms with Crippen LogP contribution < -0.4 is 15.5 Å². The van der Waals surface area contributed by atoms with Crippen molar-refractivity contribution < 1.29 is 19.5 Å². The monoisotopic (exact) mass is 410 g/mol. The first-order valence-electron chi connectivity index (χ1n) is 9.80. The lowest BCUT2D eigenvalue weighted by atomic mass is 10.1. The molecule has 0 aliphatic carbocycles. The fourth-order valence-corrected chi connectivity index (χ4v) is 3.45. The van der Waals surface area contributed by atoms with Crippen LogP contribution in [0.3, 0.4) is 0 Å². The SMILES string of the molecule is CC(=O)Nc1ccc(N2CCN(CC(=O)Nc3ccc(C)cc3)CC2)c(C(=O)O)c1. The van der Waals surface area contributed by atoms with Gasteiger partial charge in [-0.05, 0) is 37.3 Å². The summed E-state index contributed by atoms with van der Waals surface area (Å²) in [5.74, 6) is -1.37. The zero-order valence-corrected chi connectivity index (χ0v) is 17.1. The summed E-state index contributed by atoms with van der Waals surface area (Å²) in [6.07, 6.45) is 0. The zero-order valence-electron chi connectivity index (χ0n) is 17.1. The van der Waals surface area contributed by atoms with E-state index in [9.17, 15) is 19.5 Å². The van der Waals surface area contributed by atoms with Gasteiger partial charge in [0.15, 0.2) is 0 Å². The average Bonchev–Trinajstić information content (AvgIpc) is 2.70. The van der Waals surface area contributed by atoms with Crippen LogP contribution in [0.1, 0.15) is 22.8 Å². The van der Waals surface area contributed by atoms with E-state index in [-0.39, 0.29) is 23.9 Å². The van der Waals surface area contributed by atoms with Gasteiger partial charge in [-0.15, -0.1) is 0 Å². The summed E-state index contributed by atoms with van der Waals surface area (Å²) in [5.41, 5.74) is 3.12. The van der Waals surface area contributed by atoms with E-state index < -0.39 is 5.97 Å². The minimum Gasteiger partial charge on any atom is -0.478 e. The van der Waals surface area contributed by atoms with E-state index in [1.807, 2.05) is 41.0 Å². The Kier molecular flexibility index (Phi) is 6.68. The second-order valence-electron chi connectivity index (χ2n) is 7.40. The second kappa shape index (κ2) is 9.41. The summed E-state index contributed by atoms with van der Waals surface area (Å²) in [5, 5.41) is 15.1. The van der Waals surface area contributed by atoms with Gasteiger partial charge in [0, 0.05) is 44.5 Å². The lowest BCUT2D eigenvalue weighted by Gasteiger charge is -2.36. The third kappa shape index (κ3) is 5.57. The van der Waals surface area contributed by atoms with Gasteiger partial charge in [0.25, 0.3) is 0 Å². The van der Waals surface area contributed by atoms with Crippen molar-refractivity contribution >= 4 is 34.8 Å². The molecule has 1 heterocycles. The quantitative estimate of drug-likeness (QED) is 0.676. The molecule has 0 aromatic heterocycles. The highest BCUT2D eigenvalue weighted by atomic mass is 16.4. The molecule has 8 heteroatoms. The number of hydrogen-bond donors (Lipinski definition) is 3. The molecule has 2 aromatic rings. The number of nitrogens with zero attached hydrogens (tertiary/aromatic N) is 2. The van der Waals surface area contributed by atoms with E-state index in [4.69, 9.17) is 0 Å². The van der Waals surface area contributed by atoms with E-state index in [0.29, 0.717) is 37.6 Å². The van der Waals surface area contributed by atoms with Gasteiger partial charge in [-0.2, -0.15) is 0 Å². The number of amides is 2. The Balaban J connectivity index is 1.58. The molecule has 0 saturated carbocycles. The topological polar surface area (TPSA) is 102 Å². The van der Waals surface area contributed by atoms with E-state index in [1.54, 1.807) is 12.1 Å². The predicted molar refractivity (Wildman–Crippen MR) is 116 cm³/mol. The first-order chi connectivity index (χ1) is 14.3. The highest BCUT2D eigenvalue weighted by molar-refractivity contribution is 5.98. The van der Waals surface area contributed by atoms with Crippen molar-refractivity contribution in [2.75, 3.05) is 48.3 Å². The van der Waals surface area contributed by atoms with Crippen molar-refractivity contribution in [1.29, 1.82) is 0 Å². The van der Waals surface area contributed by atoms with Gasteiger partial charge in [0.1, 0.15) is 0 Å². The van der Waals surface area contributed by atoms with Gasteiger partial charge >= 0.3 is 5.97 Å². The number of carboxylic acid groups (broad SMARTS) is 1. The molecular formula is C22H26N4O4. The normalized spacial score (nSPS) is 14.3. The summed E-state index contributed by atoms with van der Waals surface area (Å²) < 4.78 is 0. The van der Waals surface area contributed by atoms with Crippen LogP contribution in [0.15, 0.2) is 42.5 Å². The van der Waals surface area contributed by atoms with Crippen molar-refractivity contribution in [2.24, 2.45) is 0 Å². The predicted octanol–water partition coefficient (Wildman–Crippen LogP) is 2.41. The van der Waals surface area contributed by atoms with E-state index >= 15 is 0 Å². The maximum atomic E-state index is 12.3. The van der Waals surface area contributed by atoms with Crippen LogP contribution in [0.4, 0.5) is 17.1 Å². The van der Waals surface area contributed by atoms with Crippen LogP contribution in [0.25, 0.3) is 0 Å². The number of benzene rings is 2. The molecule has 1 aliphatic heterocycles. The van der Waals surface area contributed by atoms with Crippen LogP contribution in [0.2, 0.25) is 0 Å². The molecule has 3 N–H and O–H groups in total. The van der Waals surface area contributed by atoms with Crippen molar-refractivity contribution in [1.82, 2.24) is 4.90 Å². The average molecular weight is 410 g/mol. The highest BCUT2D eigenvalue weighted by Gasteiger charge is 2.23.